The van der Waals surface area contributed by atoms with E-state index < -0.39 is 0 Å². The molecule has 0 aromatic heterocycles. The number of benzene rings is 1. The number of hydrogen-bond donors (Lipinski definition) is 2. The molecule has 15 heavy (non-hydrogen) atoms. The van der Waals surface area contributed by atoms with Gasteiger partial charge < -0.3 is 10.6 Å². The van der Waals surface area contributed by atoms with Crippen molar-refractivity contribution in [1.29, 1.82) is 0 Å². The van der Waals surface area contributed by atoms with Crippen LogP contribution in [0.4, 0.5) is 4.39 Å². The van der Waals surface area contributed by atoms with Crippen LogP contribution in [0.3, 0.4) is 0 Å². The first-order chi connectivity index (χ1) is 6.79. The van der Waals surface area contributed by atoms with E-state index in [4.69, 9.17) is 0 Å². The molecule has 2 rings (SSSR count). The second-order valence-electron chi connectivity index (χ2n) is 3.35. The summed E-state index contributed by atoms with van der Waals surface area (Å²) in [5, 5.41) is 6.52. The van der Waals surface area contributed by atoms with Gasteiger partial charge in [0.25, 0.3) is 0 Å². The van der Waals surface area contributed by atoms with Crippen molar-refractivity contribution in [1.82, 2.24) is 10.6 Å². The quantitative estimate of drug-likeness (QED) is 0.830. The molecular formula is C10H13BrClFN2. The zero-order chi connectivity index (χ0) is 9.97. The molecule has 5 heteroatoms. The van der Waals surface area contributed by atoms with Gasteiger partial charge in [-0.3, -0.25) is 0 Å². The minimum atomic E-state index is -0.152. The predicted molar refractivity (Wildman–Crippen MR) is 65.0 cm³/mol. The van der Waals surface area contributed by atoms with E-state index in [9.17, 15) is 4.39 Å². The molecule has 0 bridgehead atoms. The molecule has 1 fully saturated rings. The Bertz CT molecular complexity index is 309. The first-order valence-corrected chi connectivity index (χ1v) is 5.46. The lowest BCUT2D eigenvalue weighted by Gasteiger charge is -2.25. The molecule has 1 aromatic rings. The van der Waals surface area contributed by atoms with Gasteiger partial charge in [0.2, 0.25) is 0 Å². The standard InChI is InChI=1S/C10H12BrFN2.ClH/c11-7-2-1-3-8(12)10(7)9-6-13-4-5-14-9;/h1-3,9,13-14H,4-6H2;1H/t9-;/m1./s1. The van der Waals surface area contributed by atoms with Crippen LogP contribution >= 0.6 is 28.3 Å². The van der Waals surface area contributed by atoms with Crippen LogP contribution in [0.1, 0.15) is 11.6 Å². The van der Waals surface area contributed by atoms with Gasteiger partial charge in [0.15, 0.2) is 0 Å². The van der Waals surface area contributed by atoms with E-state index in [-0.39, 0.29) is 24.3 Å². The van der Waals surface area contributed by atoms with E-state index >= 15 is 0 Å². The van der Waals surface area contributed by atoms with Crippen molar-refractivity contribution in [2.24, 2.45) is 0 Å². The number of nitrogens with one attached hydrogen (secondary N) is 2. The maximum Gasteiger partial charge on any atom is 0.129 e. The van der Waals surface area contributed by atoms with E-state index in [1.807, 2.05) is 6.07 Å². The minimum absolute atomic E-state index is 0. The second-order valence-corrected chi connectivity index (χ2v) is 4.20. The minimum Gasteiger partial charge on any atom is -0.314 e. The SMILES string of the molecule is Cl.Fc1cccc(Br)c1[C@H]1CNCCN1. The molecule has 0 spiro atoms. The van der Waals surface area contributed by atoms with Gasteiger partial charge in [-0.05, 0) is 12.1 Å². The Kier molecular flexibility index (Phi) is 4.99. The summed E-state index contributed by atoms with van der Waals surface area (Å²) in [6.45, 7) is 2.60. The zero-order valence-electron chi connectivity index (χ0n) is 8.09. The molecule has 1 atom stereocenters. The first-order valence-electron chi connectivity index (χ1n) is 4.67. The van der Waals surface area contributed by atoms with Crippen molar-refractivity contribution >= 4 is 28.3 Å². The average Bonchev–Trinajstić information content (AvgIpc) is 2.19. The van der Waals surface area contributed by atoms with Crippen LogP contribution in [0.5, 0.6) is 0 Å². The number of rotatable bonds is 1. The molecule has 1 heterocycles. The maximum atomic E-state index is 13.5. The Morgan fingerprint density at radius 2 is 2.13 bits per heavy atom. The van der Waals surface area contributed by atoms with Gasteiger partial charge in [-0.2, -0.15) is 0 Å². The van der Waals surface area contributed by atoms with Gasteiger partial charge >= 0.3 is 0 Å². The van der Waals surface area contributed by atoms with E-state index in [0.29, 0.717) is 0 Å². The van der Waals surface area contributed by atoms with Gasteiger partial charge in [0, 0.05) is 35.7 Å². The van der Waals surface area contributed by atoms with Crippen molar-refractivity contribution in [2.75, 3.05) is 19.6 Å². The highest BCUT2D eigenvalue weighted by atomic mass is 79.9. The van der Waals surface area contributed by atoms with Crippen LogP contribution in [-0.4, -0.2) is 19.6 Å². The highest BCUT2D eigenvalue weighted by Gasteiger charge is 2.19. The van der Waals surface area contributed by atoms with Gasteiger partial charge in [-0.25, -0.2) is 4.39 Å². The molecule has 84 valence electrons. The Balaban J connectivity index is 0.00000112. The molecule has 0 saturated carbocycles. The van der Waals surface area contributed by atoms with E-state index in [2.05, 4.69) is 26.6 Å². The van der Waals surface area contributed by atoms with Crippen LogP contribution in [0.25, 0.3) is 0 Å². The second kappa shape index (κ2) is 5.80. The molecule has 0 unspecified atom stereocenters. The van der Waals surface area contributed by atoms with Gasteiger partial charge in [0.1, 0.15) is 5.82 Å². The summed E-state index contributed by atoms with van der Waals surface area (Å²) in [5.74, 6) is -0.152. The summed E-state index contributed by atoms with van der Waals surface area (Å²) in [7, 11) is 0. The highest BCUT2D eigenvalue weighted by Crippen LogP contribution is 2.26. The van der Waals surface area contributed by atoms with Crippen LogP contribution in [0.15, 0.2) is 22.7 Å². The summed E-state index contributed by atoms with van der Waals surface area (Å²) >= 11 is 3.37. The Labute approximate surface area is 103 Å². The zero-order valence-corrected chi connectivity index (χ0v) is 10.5. The Morgan fingerprint density at radius 3 is 2.73 bits per heavy atom. The lowest BCUT2D eigenvalue weighted by atomic mass is 10.1. The monoisotopic (exact) mass is 294 g/mol. The molecule has 1 saturated heterocycles. The fourth-order valence-corrected chi connectivity index (χ4v) is 2.32. The van der Waals surface area contributed by atoms with Crippen LogP contribution < -0.4 is 10.6 Å². The lowest BCUT2D eigenvalue weighted by Crippen LogP contribution is -2.43. The van der Waals surface area contributed by atoms with Gasteiger partial charge in [-0.15, -0.1) is 12.4 Å². The summed E-state index contributed by atoms with van der Waals surface area (Å²) < 4.78 is 14.4. The summed E-state index contributed by atoms with van der Waals surface area (Å²) in [4.78, 5) is 0. The lowest BCUT2D eigenvalue weighted by molar-refractivity contribution is 0.415. The van der Waals surface area contributed by atoms with E-state index in [1.165, 1.54) is 6.07 Å². The van der Waals surface area contributed by atoms with Crippen molar-refractivity contribution < 1.29 is 4.39 Å². The molecular weight excluding hydrogens is 282 g/mol. The molecule has 1 aromatic carbocycles. The van der Waals surface area contributed by atoms with Crippen LogP contribution in [-0.2, 0) is 0 Å². The first kappa shape index (κ1) is 12.9. The molecule has 0 aliphatic carbocycles. The maximum absolute atomic E-state index is 13.5. The third-order valence-electron chi connectivity index (χ3n) is 2.39. The Hall–Kier alpha value is -0.160. The van der Waals surface area contributed by atoms with E-state index in [0.717, 1.165) is 29.7 Å². The highest BCUT2D eigenvalue weighted by molar-refractivity contribution is 9.10. The molecule has 0 amide bonds. The van der Waals surface area contributed by atoms with Gasteiger partial charge in [-0.1, -0.05) is 22.0 Å². The number of piperazine rings is 1. The Morgan fingerprint density at radius 1 is 1.33 bits per heavy atom. The molecule has 2 nitrogen and oxygen atoms in total. The van der Waals surface area contributed by atoms with Crippen LogP contribution in [0.2, 0.25) is 0 Å². The van der Waals surface area contributed by atoms with Crippen molar-refractivity contribution in [3.8, 4) is 0 Å². The van der Waals surface area contributed by atoms with Gasteiger partial charge in [0.05, 0.1) is 0 Å². The average molecular weight is 296 g/mol. The third kappa shape index (κ3) is 2.91. The fraction of sp³-hybridized carbons (Fsp3) is 0.400. The largest absolute Gasteiger partial charge is 0.314 e. The van der Waals surface area contributed by atoms with Crippen LogP contribution in [0, 0.1) is 5.82 Å². The molecule has 1 aliphatic rings. The van der Waals surface area contributed by atoms with Crippen molar-refractivity contribution in [2.45, 2.75) is 6.04 Å². The molecule has 2 N–H and O–H groups in total. The predicted octanol–water partition coefficient (Wildman–Crippen LogP) is 2.24. The van der Waals surface area contributed by atoms with E-state index in [1.54, 1.807) is 6.07 Å². The summed E-state index contributed by atoms with van der Waals surface area (Å²) in [6.07, 6.45) is 0. The number of halogens is 3. The fourth-order valence-electron chi connectivity index (χ4n) is 1.70. The van der Waals surface area contributed by atoms with Crippen molar-refractivity contribution in [3.63, 3.8) is 0 Å². The molecule has 0 radical (unpaired) electrons. The summed E-state index contributed by atoms with van der Waals surface area (Å²) in [5.41, 5.74) is 0.722. The number of hydrogen-bond acceptors (Lipinski definition) is 2. The topological polar surface area (TPSA) is 24.1 Å². The third-order valence-corrected chi connectivity index (χ3v) is 3.08. The smallest absolute Gasteiger partial charge is 0.129 e. The van der Waals surface area contributed by atoms with Crippen molar-refractivity contribution in [3.05, 3.63) is 34.1 Å². The summed E-state index contributed by atoms with van der Waals surface area (Å²) in [6, 6.07) is 5.14. The normalized spacial score (nSPS) is 20.8. The molecule has 1 aliphatic heterocycles.